The monoisotopic (exact) mass is 740 g/mol. The molecular formula is C44H69NO8. The van der Waals surface area contributed by atoms with Crippen LogP contribution in [-0.4, -0.2) is 87.5 Å². The van der Waals surface area contributed by atoms with Crippen LogP contribution >= 0.6 is 0 Å². The Hall–Kier alpha value is -3.15. The molecule has 1 aliphatic rings. The predicted octanol–water partition coefficient (Wildman–Crippen LogP) is 7.16. The zero-order valence-corrected chi connectivity index (χ0v) is 32.2. The van der Waals surface area contributed by atoms with Gasteiger partial charge in [0.2, 0.25) is 5.91 Å². The molecule has 1 heterocycles. The fourth-order valence-electron chi connectivity index (χ4n) is 5.15. The molecule has 1 aliphatic heterocycles. The molecule has 1 amide bonds. The quantitative estimate of drug-likeness (QED) is 0.0350. The summed E-state index contributed by atoms with van der Waals surface area (Å²) in [6.07, 6.45) is 41.5. The summed E-state index contributed by atoms with van der Waals surface area (Å²) in [5.41, 5.74) is 0. The van der Waals surface area contributed by atoms with Crippen molar-refractivity contribution in [3.63, 3.8) is 0 Å². The lowest BCUT2D eigenvalue weighted by molar-refractivity contribution is -0.302. The first-order valence-electron chi connectivity index (χ1n) is 19.6. The van der Waals surface area contributed by atoms with Gasteiger partial charge in [0.05, 0.1) is 25.4 Å². The second kappa shape index (κ2) is 33.4. The Kier molecular flexibility index (Phi) is 30.2. The number of unbranched alkanes of at least 4 members (excludes halogenated alkanes) is 3. The maximum absolute atomic E-state index is 12.8. The van der Waals surface area contributed by atoms with E-state index in [1.807, 2.05) is 18.2 Å². The molecule has 0 aromatic rings. The number of rotatable bonds is 29. The highest BCUT2D eigenvalue weighted by Crippen LogP contribution is 2.22. The van der Waals surface area contributed by atoms with Crippen molar-refractivity contribution in [3.8, 4) is 0 Å². The Morgan fingerprint density at radius 2 is 1.11 bits per heavy atom. The summed E-state index contributed by atoms with van der Waals surface area (Å²) in [4.78, 5) is 12.8. The third-order valence-corrected chi connectivity index (χ3v) is 8.30. The molecule has 6 N–H and O–H groups in total. The molecule has 1 saturated heterocycles. The molecule has 1 fully saturated rings. The van der Waals surface area contributed by atoms with Gasteiger partial charge in [-0.2, -0.15) is 0 Å². The van der Waals surface area contributed by atoms with E-state index in [2.05, 4.69) is 104 Å². The molecule has 0 spiro atoms. The number of aliphatic hydroxyl groups is 5. The maximum Gasteiger partial charge on any atom is 0.220 e. The highest BCUT2D eigenvalue weighted by atomic mass is 16.7. The van der Waals surface area contributed by atoms with E-state index in [-0.39, 0.29) is 18.9 Å². The van der Waals surface area contributed by atoms with Crippen LogP contribution in [0.1, 0.15) is 104 Å². The van der Waals surface area contributed by atoms with Gasteiger partial charge < -0.3 is 40.3 Å². The van der Waals surface area contributed by atoms with E-state index >= 15 is 0 Å². The van der Waals surface area contributed by atoms with Gasteiger partial charge in [-0.25, -0.2) is 0 Å². The number of hydrogen-bond donors (Lipinski definition) is 6. The lowest BCUT2D eigenvalue weighted by Gasteiger charge is -2.40. The van der Waals surface area contributed by atoms with Crippen LogP contribution in [-0.2, 0) is 14.3 Å². The van der Waals surface area contributed by atoms with Crippen LogP contribution < -0.4 is 5.32 Å². The van der Waals surface area contributed by atoms with E-state index in [1.165, 1.54) is 0 Å². The Morgan fingerprint density at radius 1 is 0.642 bits per heavy atom. The first-order valence-corrected chi connectivity index (χ1v) is 19.6. The topological polar surface area (TPSA) is 149 Å². The summed E-state index contributed by atoms with van der Waals surface area (Å²) in [6.45, 7) is 3.46. The summed E-state index contributed by atoms with van der Waals surface area (Å²) in [6, 6.07) is -0.873. The summed E-state index contributed by atoms with van der Waals surface area (Å²) in [5.74, 6) is -0.282. The van der Waals surface area contributed by atoms with Crippen molar-refractivity contribution in [2.24, 2.45) is 0 Å². The summed E-state index contributed by atoms with van der Waals surface area (Å²) >= 11 is 0. The third-order valence-electron chi connectivity index (χ3n) is 8.30. The molecule has 9 nitrogen and oxygen atoms in total. The van der Waals surface area contributed by atoms with Gasteiger partial charge in [-0.3, -0.25) is 4.79 Å². The van der Waals surface area contributed by atoms with E-state index in [1.54, 1.807) is 6.08 Å². The van der Waals surface area contributed by atoms with Crippen LogP contribution in [0, 0.1) is 0 Å². The fourth-order valence-corrected chi connectivity index (χ4v) is 5.15. The average molecular weight is 740 g/mol. The van der Waals surface area contributed by atoms with Gasteiger partial charge in [-0.1, -0.05) is 130 Å². The van der Waals surface area contributed by atoms with E-state index in [0.717, 1.165) is 70.6 Å². The number of aliphatic hydroxyl groups excluding tert-OH is 5. The minimum Gasteiger partial charge on any atom is -0.394 e. The lowest BCUT2D eigenvalue weighted by atomic mass is 9.99. The normalized spacial score (nSPS) is 22.9. The molecule has 9 heteroatoms. The van der Waals surface area contributed by atoms with Crippen LogP contribution in [0.4, 0.5) is 0 Å². The predicted molar refractivity (Wildman–Crippen MR) is 216 cm³/mol. The third kappa shape index (κ3) is 24.7. The van der Waals surface area contributed by atoms with Crippen molar-refractivity contribution in [1.82, 2.24) is 5.32 Å². The highest BCUT2D eigenvalue weighted by Gasteiger charge is 2.44. The number of nitrogens with one attached hydrogen (secondary N) is 1. The minimum absolute atomic E-state index is 0.202. The molecular weight excluding hydrogens is 670 g/mol. The highest BCUT2D eigenvalue weighted by molar-refractivity contribution is 5.76. The van der Waals surface area contributed by atoms with Crippen molar-refractivity contribution in [2.45, 2.75) is 147 Å². The van der Waals surface area contributed by atoms with Gasteiger partial charge in [0.25, 0.3) is 0 Å². The van der Waals surface area contributed by atoms with E-state index in [9.17, 15) is 30.3 Å². The van der Waals surface area contributed by atoms with Crippen LogP contribution in [0.5, 0.6) is 0 Å². The fraction of sp³-hybridized carbons (Fsp3) is 0.568. The molecule has 0 radical (unpaired) electrons. The number of ether oxygens (including phenoxy) is 2. The Balaban J connectivity index is 2.52. The second-order valence-corrected chi connectivity index (χ2v) is 13.0. The zero-order valence-electron chi connectivity index (χ0n) is 32.2. The van der Waals surface area contributed by atoms with Gasteiger partial charge in [0.1, 0.15) is 24.4 Å². The smallest absolute Gasteiger partial charge is 0.220 e. The molecule has 53 heavy (non-hydrogen) atoms. The van der Waals surface area contributed by atoms with Crippen LogP contribution in [0.25, 0.3) is 0 Å². The first kappa shape index (κ1) is 47.9. The van der Waals surface area contributed by atoms with Gasteiger partial charge >= 0.3 is 0 Å². The molecule has 0 aromatic carbocycles. The summed E-state index contributed by atoms with van der Waals surface area (Å²) in [5, 5.41) is 53.8. The maximum atomic E-state index is 12.8. The number of amides is 1. The average Bonchev–Trinajstić information content (AvgIpc) is 3.16. The van der Waals surface area contributed by atoms with E-state index in [4.69, 9.17) is 9.47 Å². The van der Waals surface area contributed by atoms with Crippen molar-refractivity contribution < 1.29 is 39.8 Å². The van der Waals surface area contributed by atoms with Gasteiger partial charge in [-0.15, -0.1) is 0 Å². The molecule has 0 saturated carbocycles. The van der Waals surface area contributed by atoms with Gasteiger partial charge in [-0.05, 0) is 77.0 Å². The van der Waals surface area contributed by atoms with Gasteiger partial charge in [0, 0.05) is 6.42 Å². The van der Waals surface area contributed by atoms with Crippen LogP contribution in [0.15, 0.2) is 109 Å². The van der Waals surface area contributed by atoms with Crippen molar-refractivity contribution in [2.75, 3.05) is 13.2 Å². The lowest BCUT2D eigenvalue weighted by Crippen LogP contribution is -2.60. The van der Waals surface area contributed by atoms with E-state index in [0.29, 0.717) is 12.8 Å². The Morgan fingerprint density at radius 3 is 1.62 bits per heavy atom. The zero-order chi connectivity index (χ0) is 38.8. The second-order valence-electron chi connectivity index (χ2n) is 13.0. The number of carbonyl (C=O) groups excluding carboxylic acids is 1. The Bertz CT molecular complexity index is 1180. The molecule has 1 rings (SSSR count). The molecule has 0 aliphatic carbocycles. The van der Waals surface area contributed by atoms with Crippen molar-refractivity contribution in [3.05, 3.63) is 109 Å². The largest absolute Gasteiger partial charge is 0.394 e. The minimum atomic E-state index is -1.59. The van der Waals surface area contributed by atoms with Crippen molar-refractivity contribution in [1.29, 1.82) is 0 Å². The molecule has 7 atom stereocenters. The molecule has 7 unspecified atom stereocenters. The number of hydrogen-bond acceptors (Lipinski definition) is 8. The van der Waals surface area contributed by atoms with Crippen molar-refractivity contribution >= 4 is 5.91 Å². The first-order chi connectivity index (χ1) is 25.8. The SMILES string of the molecule is CC/C=C\C/C=C\C/C=C\C/C=C\C/C=C\C/C=C\CCC(=O)NC(COC1OC(CO)C(O)C(O)C1O)C(O)/C=C/CC/C=C/CC/C=C/CCC. The molecule has 298 valence electrons. The number of carbonyl (C=O) groups is 1. The molecule has 0 bridgehead atoms. The Labute approximate surface area is 319 Å². The van der Waals surface area contributed by atoms with Crippen LogP contribution in [0.2, 0.25) is 0 Å². The summed E-state index contributed by atoms with van der Waals surface area (Å²) in [7, 11) is 0. The van der Waals surface area contributed by atoms with Gasteiger partial charge in [0.15, 0.2) is 6.29 Å². The van der Waals surface area contributed by atoms with E-state index < -0.39 is 49.5 Å². The molecule has 0 aromatic heterocycles. The standard InChI is InChI=1S/C44H69NO8/c1-3-5-7-9-11-13-15-16-17-18-19-20-21-22-24-26-28-30-32-34-40(48)45-37(36-52-44-43(51)42(50)41(49)39(35-46)53-44)38(47)33-31-29-27-25-23-14-12-10-8-6-4-2/h5,7-8,10-11,13,16-17,19-20,22-25,28,30-31,33,37-39,41-44,46-47,49-51H,3-4,6,9,12,14-15,18,21,26-27,29,32,34-36H2,1-2H3,(H,45,48)/b7-5-,10-8+,13-11-,17-16-,20-19-,24-22-,25-23+,30-28-,33-31+. The van der Waals surface area contributed by atoms with Crippen LogP contribution in [0.3, 0.4) is 0 Å². The number of allylic oxidation sites excluding steroid dienone is 17. The summed E-state index contributed by atoms with van der Waals surface area (Å²) < 4.78 is 11.1.